The number of hydrogen-bond donors (Lipinski definition) is 1. The largest absolute Gasteiger partial charge is 0.481 e. The lowest BCUT2D eigenvalue weighted by Gasteiger charge is -2.13. The predicted octanol–water partition coefficient (Wildman–Crippen LogP) is 0.350. The summed E-state index contributed by atoms with van der Waals surface area (Å²) in [5.41, 5.74) is 0.761. The molecule has 6 nitrogen and oxygen atoms in total. The zero-order valence-corrected chi connectivity index (χ0v) is 11.9. The maximum Gasteiger partial charge on any atom is 0.224 e. The minimum Gasteiger partial charge on any atom is -0.481 e. The van der Waals surface area contributed by atoms with E-state index in [2.05, 4.69) is 15.3 Å². The standard InChI is InChI=1S/C11H19N3O3S/c1-8(18(4)15)5-12-6-9-10(16-2)13-7-14-11(9)17-3/h7-8,12H,5-6H2,1-4H3. The SMILES string of the molecule is COc1ncnc(OC)c1CNCC(C)S(C)=O. The molecule has 1 aromatic heterocycles. The van der Waals surface area contributed by atoms with Crippen molar-refractivity contribution in [1.29, 1.82) is 0 Å². The summed E-state index contributed by atoms with van der Waals surface area (Å²) in [6.07, 6.45) is 3.09. The first-order chi connectivity index (χ1) is 8.60. The second-order valence-corrected chi connectivity index (χ2v) is 5.61. The molecular formula is C11H19N3O3S. The summed E-state index contributed by atoms with van der Waals surface area (Å²) in [4.78, 5) is 8.05. The van der Waals surface area contributed by atoms with E-state index < -0.39 is 10.8 Å². The Labute approximate surface area is 110 Å². The van der Waals surface area contributed by atoms with Gasteiger partial charge in [-0.05, 0) is 6.92 Å². The van der Waals surface area contributed by atoms with Crippen molar-refractivity contribution >= 4 is 10.8 Å². The van der Waals surface area contributed by atoms with Crippen molar-refractivity contribution in [3.63, 3.8) is 0 Å². The van der Waals surface area contributed by atoms with Crippen molar-refractivity contribution < 1.29 is 13.7 Å². The van der Waals surface area contributed by atoms with E-state index in [0.29, 0.717) is 24.8 Å². The normalized spacial score (nSPS) is 14.0. The first-order valence-electron chi connectivity index (χ1n) is 5.55. The Balaban J connectivity index is 2.68. The molecule has 7 heteroatoms. The Kier molecular flexibility index (Phi) is 6.00. The number of aromatic nitrogens is 2. The van der Waals surface area contributed by atoms with E-state index in [4.69, 9.17) is 9.47 Å². The molecule has 0 saturated heterocycles. The highest BCUT2D eigenvalue weighted by atomic mass is 32.2. The van der Waals surface area contributed by atoms with Crippen molar-refractivity contribution in [2.45, 2.75) is 18.7 Å². The van der Waals surface area contributed by atoms with Crippen LogP contribution in [0.3, 0.4) is 0 Å². The van der Waals surface area contributed by atoms with E-state index in [1.165, 1.54) is 6.33 Å². The molecule has 0 aliphatic carbocycles. The first kappa shape index (κ1) is 14.8. The van der Waals surface area contributed by atoms with Gasteiger partial charge in [-0.1, -0.05) is 0 Å². The summed E-state index contributed by atoms with van der Waals surface area (Å²) < 4.78 is 21.6. The molecule has 0 aliphatic rings. The lowest BCUT2D eigenvalue weighted by Crippen LogP contribution is -2.27. The van der Waals surface area contributed by atoms with Crippen LogP contribution >= 0.6 is 0 Å². The quantitative estimate of drug-likeness (QED) is 0.773. The minimum atomic E-state index is -0.839. The van der Waals surface area contributed by atoms with Gasteiger partial charge >= 0.3 is 0 Å². The van der Waals surface area contributed by atoms with Crippen LogP contribution in [0.25, 0.3) is 0 Å². The molecule has 1 heterocycles. The van der Waals surface area contributed by atoms with Gasteiger partial charge < -0.3 is 14.8 Å². The Hall–Kier alpha value is -1.21. The van der Waals surface area contributed by atoms with Crippen molar-refractivity contribution in [2.24, 2.45) is 0 Å². The van der Waals surface area contributed by atoms with Gasteiger partial charge in [-0.2, -0.15) is 0 Å². The molecule has 0 fully saturated rings. The maximum absolute atomic E-state index is 11.2. The smallest absolute Gasteiger partial charge is 0.224 e. The molecule has 18 heavy (non-hydrogen) atoms. The van der Waals surface area contributed by atoms with Crippen LogP contribution in [0.15, 0.2) is 6.33 Å². The van der Waals surface area contributed by atoms with Gasteiger partial charge in [0.2, 0.25) is 11.8 Å². The van der Waals surface area contributed by atoms with Gasteiger partial charge in [-0.25, -0.2) is 9.97 Å². The summed E-state index contributed by atoms with van der Waals surface area (Å²) in [7, 11) is 2.26. The van der Waals surface area contributed by atoms with Crippen LogP contribution in [0.5, 0.6) is 11.8 Å². The van der Waals surface area contributed by atoms with Crippen LogP contribution in [0.2, 0.25) is 0 Å². The third-order valence-electron chi connectivity index (χ3n) is 2.55. The van der Waals surface area contributed by atoms with E-state index in [1.807, 2.05) is 6.92 Å². The first-order valence-corrected chi connectivity index (χ1v) is 7.17. The van der Waals surface area contributed by atoms with Crippen molar-refractivity contribution in [1.82, 2.24) is 15.3 Å². The number of hydrogen-bond acceptors (Lipinski definition) is 6. The summed E-state index contributed by atoms with van der Waals surface area (Å²) >= 11 is 0. The number of nitrogens with one attached hydrogen (secondary N) is 1. The molecule has 0 saturated carbocycles. The molecule has 2 unspecified atom stereocenters. The Morgan fingerprint density at radius 1 is 1.33 bits per heavy atom. The monoisotopic (exact) mass is 273 g/mol. The number of methoxy groups -OCH3 is 2. The second kappa shape index (κ2) is 7.27. The van der Waals surface area contributed by atoms with Crippen molar-refractivity contribution in [3.05, 3.63) is 11.9 Å². The number of nitrogens with zero attached hydrogens (tertiary/aromatic N) is 2. The van der Waals surface area contributed by atoms with Gasteiger partial charge in [0, 0.05) is 35.4 Å². The molecule has 0 bridgehead atoms. The molecule has 0 amide bonds. The predicted molar refractivity (Wildman–Crippen MR) is 70.4 cm³/mol. The van der Waals surface area contributed by atoms with Gasteiger partial charge in [-0.15, -0.1) is 0 Å². The van der Waals surface area contributed by atoms with E-state index in [1.54, 1.807) is 20.5 Å². The van der Waals surface area contributed by atoms with Gasteiger partial charge in [0.25, 0.3) is 0 Å². The summed E-state index contributed by atoms with van der Waals surface area (Å²) in [5, 5.41) is 3.29. The lowest BCUT2D eigenvalue weighted by atomic mass is 10.3. The topological polar surface area (TPSA) is 73.3 Å². The molecule has 102 valence electrons. The number of ether oxygens (including phenoxy) is 2. The fourth-order valence-electron chi connectivity index (χ4n) is 1.40. The van der Waals surface area contributed by atoms with E-state index in [9.17, 15) is 4.21 Å². The fraction of sp³-hybridized carbons (Fsp3) is 0.636. The molecule has 1 N–H and O–H groups in total. The average molecular weight is 273 g/mol. The molecule has 0 spiro atoms. The van der Waals surface area contributed by atoms with Gasteiger partial charge in [0.15, 0.2) is 0 Å². The third-order valence-corrected chi connectivity index (χ3v) is 3.85. The number of rotatable bonds is 7. The van der Waals surface area contributed by atoms with Crippen LogP contribution in [0.4, 0.5) is 0 Å². The molecular weight excluding hydrogens is 254 g/mol. The molecule has 2 atom stereocenters. The molecule has 1 rings (SSSR count). The maximum atomic E-state index is 11.2. The van der Waals surface area contributed by atoms with E-state index in [0.717, 1.165) is 5.56 Å². The van der Waals surface area contributed by atoms with Crippen LogP contribution in [-0.2, 0) is 17.3 Å². The highest BCUT2D eigenvalue weighted by molar-refractivity contribution is 7.84. The highest BCUT2D eigenvalue weighted by Crippen LogP contribution is 2.22. The van der Waals surface area contributed by atoms with Crippen LogP contribution < -0.4 is 14.8 Å². The van der Waals surface area contributed by atoms with E-state index in [-0.39, 0.29) is 5.25 Å². The Morgan fingerprint density at radius 3 is 2.33 bits per heavy atom. The zero-order valence-electron chi connectivity index (χ0n) is 11.1. The van der Waals surface area contributed by atoms with Gasteiger partial charge in [0.1, 0.15) is 6.33 Å². The zero-order chi connectivity index (χ0) is 13.5. The average Bonchev–Trinajstić information content (AvgIpc) is 2.38. The van der Waals surface area contributed by atoms with Gasteiger partial charge in [-0.3, -0.25) is 4.21 Å². The minimum absolute atomic E-state index is 0.0895. The summed E-state index contributed by atoms with van der Waals surface area (Å²) in [6, 6.07) is 0. The summed E-state index contributed by atoms with van der Waals surface area (Å²) in [6.45, 7) is 3.08. The lowest BCUT2D eigenvalue weighted by molar-refractivity contribution is 0.359. The second-order valence-electron chi connectivity index (χ2n) is 3.81. The highest BCUT2D eigenvalue weighted by Gasteiger charge is 2.13. The fourth-order valence-corrected chi connectivity index (χ4v) is 1.75. The van der Waals surface area contributed by atoms with Crippen molar-refractivity contribution in [3.8, 4) is 11.8 Å². The van der Waals surface area contributed by atoms with Crippen LogP contribution in [0, 0.1) is 0 Å². The van der Waals surface area contributed by atoms with Crippen LogP contribution in [-0.4, -0.2) is 46.4 Å². The van der Waals surface area contributed by atoms with Gasteiger partial charge in [0.05, 0.1) is 19.8 Å². The van der Waals surface area contributed by atoms with E-state index >= 15 is 0 Å². The molecule has 0 radical (unpaired) electrons. The van der Waals surface area contributed by atoms with Crippen molar-refractivity contribution in [2.75, 3.05) is 27.0 Å². The summed E-state index contributed by atoms with van der Waals surface area (Å²) in [5.74, 6) is 0.972. The Morgan fingerprint density at radius 2 is 1.89 bits per heavy atom. The molecule has 0 aliphatic heterocycles. The molecule has 0 aromatic carbocycles. The Bertz CT molecular complexity index is 392. The molecule has 1 aromatic rings. The van der Waals surface area contributed by atoms with Crippen LogP contribution in [0.1, 0.15) is 12.5 Å². The third kappa shape index (κ3) is 3.92.